The Labute approximate surface area is 133 Å². The number of aryl methyl sites for hydroxylation is 1. The van der Waals surface area contributed by atoms with E-state index in [2.05, 4.69) is 14.9 Å². The van der Waals surface area contributed by atoms with Gasteiger partial charge in [0.2, 0.25) is 0 Å². The highest BCUT2D eigenvalue weighted by Gasteiger charge is 2.30. The molecule has 1 aromatic carbocycles. The lowest BCUT2D eigenvalue weighted by Crippen LogP contribution is -2.28. The predicted octanol–water partition coefficient (Wildman–Crippen LogP) is 4.13. The van der Waals surface area contributed by atoms with Gasteiger partial charge < -0.3 is 9.88 Å². The fraction of sp³-hybridized carbons (Fsp3) is 0.471. The van der Waals surface area contributed by atoms with Crippen LogP contribution >= 0.6 is 0 Å². The standard InChI is InChI=1S/C17H20F3N3/c1-12(13-4-6-15(7-5-13)17(18,19)20)22-11-14-3-2-9-23-10-8-21-16(14)23/h4-8,10,12,14,22H,2-3,9,11H2,1H3. The second-order valence-electron chi connectivity index (χ2n) is 6.07. The number of benzene rings is 1. The van der Waals surface area contributed by atoms with Crippen molar-refractivity contribution in [2.75, 3.05) is 6.54 Å². The van der Waals surface area contributed by atoms with E-state index in [4.69, 9.17) is 0 Å². The first kappa shape index (κ1) is 16.1. The monoisotopic (exact) mass is 323 g/mol. The van der Waals surface area contributed by atoms with Gasteiger partial charge in [0.05, 0.1) is 5.56 Å². The maximum atomic E-state index is 12.6. The molecule has 3 rings (SSSR count). The third kappa shape index (κ3) is 3.58. The van der Waals surface area contributed by atoms with Crippen LogP contribution in [0.5, 0.6) is 0 Å². The highest BCUT2D eigenvalue weighted by Crippen LogP contribution is 2.30. The van der Waals surface area contributed by atoms with Crippen LogP contribution in [0.1, 0.15) is 48.7 Å². The number of halogens is 3. The fourth-order valence-corrected chi connectivity index (χ4v) is 3.10. The molecule has 0 saturated heterocycles. The van der Waals surface area contributed by atoms with Crippen LogP contribution in [0.3, 0.4) is 0 Å². The first-order chi connectivity index (χ1) is 10.9. The summed E-state index contributed by atoms with van der Waals surface area (Å²) in [5.41, 5.74) is 0.250. The molecule has 23 heavy (non-hydrogen) atoms. The van der Waals surface area contributed by atoms with Crippen molar-refractivity contribution >= 4 is 0 Å². The van der Waals surface area contributed by atoms with Gasteiger partial charge in [-0.3, -0.25) is 0 Å². The van der Waals surface area contributed by atoms with Gasteiger partial charge in [0, 0.05) is 37.4 Å². The molecule has 1 aliphatic rings. The summed E-state index contributed by atoms with van der Waals surface area (Å²) in [4.78, 5) is 4.43. The maximum Gasteiger partial charge on any atom is 0.416 e. The fourth-order valence-electron chi connectivity index (χ4n) is 3.10. The Morgan fingerprint density at radius 1 is 1.30 bits per heavy atom. The Balaban J connectivity index is 1.61. The smallest absolute Gasteiger partial charge is 0.335 e. The van der Waals surface area contributed by atoms with Crippen LogP contribution < -0.4 is 5.32 Å². The Morgan fingerprint density at radius 3 is 2.74 bits per heavy atom. The number of nitrogens with zero attached hydrogens (tertiary/aromatic N) is 2. The number of alkyl halides is 3. The summed E-state index contributed by atoms with van der Waals surface area (Å²) in [5, 5.41) is 3.42. The van der Waals surface area contributed by atoms with Crippen molar-refractivity contribution in [3.8, 4) is 0 Å². The van der Waals surface area contributed by atoms with Crippen molar-refractivity contribution in [2.24, 2.45) is 0 Å². The molecule has 1 aliphatic heterocycles. The van der Waals surface area contributed by atoms with E-state index < -0.39 is 11.7 Å². The van der Waals surface area contributed by atoms with Gasteiger partial charge in [0.1, 0.15) is 5.82 Å². The van der Waals surface area contributed by atoms with Crippen molar-refractivity contribution in [1.29, 1.82) is 0 Å². The first-order valence-electron chi connectivity index (χ1n) is 7.86. The lowest BCUT2D eigenvalue weighted by molar-refractivity contribution is -0.137. The highest BCUT2D eigenvalue weighted by atomic mass is 19.4. The average molecular weight is 323 g/mol. The van der Waals surface area contributed by atoms with Gasteiger partial charge in [-0.2, -0.15) is 13.2 Å². The van der Waals surface area contributed by atoms with Gasteiger partial charge in [-0.05, 0) is 37.5 Å². The van der Waals surface area contributed by atoms with Gasteiger partial charge in [-0.25, -0.2) is 4.98 Å². The minimum Gasteiger partial charge on any atom is -0.335 e. The Hall–Kier alpha value is -1.82. The summed E-state index contributed by atoms with van der Waals surface area (Å²) in [6.07, 6.45) is 1.76. The van der Waals surface area contributed by atoms with Crippen LogP contribution in [-0.4, -0.2) is 16.1 Å². The zero-order chi connectivity index (χ0) is 16.4. The normalized spacial score (nSPS) is 19.4. The SMILES string of the molecule is CC(NCC1CCCn2ccnc21)c1ccc(C(F)(F)F)cc1. The number of imidazole rings is 1. The Morgan fingerprint density at radius 2 is 2.04 bits per heavy atom. The highest BCUT2D eigenvalue weighted by molar-refractivity contribution is 5.26. The first-order valence-corrected chi connectivity index (χ1v) is 7.86. The molecule has 2 unspecified atom stereocenters. The van der Waals surface area contributed by atoms with Crippen LogP contribution in [0, 0.1) is 0 Å². The number of nitrogens with one attached hydrogen (secondary N) is 1. The molecule has 0 fully saturated rings. The second-order valence-corrected chi connectivity index (χ2v) is 6.07. The molecule has 0 radical (unpaired) electrons. The molecular weight excluding hydrogens is 303 g/mol. The van der Waals surface area contributed by atoms with E-state index >= 15 is 0 Å². The number of rotatable bonds is 4. The third-order valence-electron chi connectivity index (χ3n) is 4.47. The molecule has 0 amide bonds. The van der Waals surface area contributed by atoms with E-state index in [1.807, 2.05) is 19.3 Å². The largest absolute Gasteiger partial charge is 0.416 e. The molecule has 0 saturated carbocycles. The van der Waals surface area contributed by atoms with Crippen molar-refractivity contribution in [2.45, 2.75) is 44.4 Å². The molecule has 0 bridgehead atoms. The van der Waals surface area contributed by atoms with E-state index in [9.17, 15) is 13.2 Å². The summed E-state index contributed by atoms with van der Waals surface area (Å²) in [7, 11) is 0. The lowest BCUT2D eigenvalue weighted by atomic mass is 9.98. The van der Waals surface area contributed by atoms with Gasteiger partial charge in [0.15, 0.2) is 0 Å². The third-order valence-corrected chi connectivity index (χ3v) is 4.47. The van der Waals surface area contributed by atoms with Gasteiger partial charge >= 0.3 is 6.18 Å². The topological polar surface area (TPSA) is 29.9 Å². The van der Waals surface area contributed by atoms with Crippen LogP contribution in [0.4, 0.5) is 13.2 Å². The van der Waals surface area contributed by atoms with Crippen molar-refractivity contribution in [3.05, 3.63) is 53.6 Å². The molecule has 1 aromatic heterocycles. The van der Waals surface area contributed by atoms with E-state index in [1.54, 1.807) is 12.1 Å². The number of hydrogen-bond donors (Lipinski definition) is 1. The number of hydrogen-bond acceptors (Lipinski definition) is 2. The van der Waals surface area contributed by atoms with Crippen molar-refractivity contribution in [3.63, 3.8) is 0 Å². The molecule has 0 spiro atoms. The predicted molar refractivity (Wildman–Crippen MR) is 82.1 cm³/mol. The van der Waals surface area contributed by atoms with Crippen LogP contribution in [-0.2, 0) is 12.7 Å². The molecule has 2 heterocycles. The van der Waals surface area contributed by atoms with Crippen molar-refractivity contribution < 1.29 is 13.2 Å². The Kier molecular flexibility index (Phi) is 4.43. The number of fused-ring (bicyclic) bond motifs is 1. The second kappa shape index (κ2) is 6.35. The molecule has 1 N–H and O–H groups in total. The molecular formula is C17H20F3N3. The van der Waals surface area contributed by atoms with Crippen LogP contribution in [0.2, 0.25) is 0 Å². The maximum absolute atomic E-state index is 12.6. The van der Waals surface area contributed by atoms with Gasteiger partial charge in [0.25, 0.3) is 0 Å². The summed E-state index contributed by atoms with van der Waals surface area (Å²) < 4.78 is 40.0. The zero-order valence-corrected chi connectivity index (χ0v) is 13.0. The quantitative estimate of drug-likeness (QED) is 0.917. The lowest BCUT2D eigenvalue weighted by Gasteiger charge is -2.25. The van der Waals surface area contributed by atoms with Gasteiger partial charge in [-0.1, -0.05) is 12.1 Å². The van der Waals surface area contributed by atoms with E-state index in [-0.39, 0.29) is 6.04 Å². The summed E-state index contributed by atoms with van der Waals surface area (Å²) in [5.74, 6) is 1.46. The van der Waals surface area contributed by atoms with E-state index in [0.717, 1.165) is 49.5 Å². The van der Waals surface area contributed by atoms with E-state index in [0.29, 0.717) is 5.92 Å². The Bertz CT molecular complexity index is 646. The van der Waals surface area contributed by atoms with Crippen LogP contribution in [0.15, 0.2) is 36.7 Å². The van der Waals surface area contributed by atoms with Gasteiger partial charge in [-0.15, -0.1) is 0 Å². The number of aromatic nitrogens is 2. The molecule has 2 aromatic rings. The minimum absolute atomic E-state index is 0.00243. The average Bonchev–Trinajstić information content (AvgIpc) is 3.01. The summed E-state index contributed by atoms with van der Waals surface area (Å²) in [6, 6.07) is 5.37. The zero-order valence-electron chi connectivity index (χ0n) is 13.0. The van der Waals surface area contributed by atoms with E-state index in [1.165, 1.54) is 0 Å². The molecule has 6 heteroatoms. The van der Waals surface area contributed by atoms with Crippen LogP contribution in [0.25, 0.3) is 0 Å². The molecule has 124 valence electrons. The summed E-state index contributed by atoms with van der Waals surface area (Å²) in [6.45, 7) is 3.76. The summed E-state index contributed by atoms with van der Waals surface area (Å²) >= 11 is 0. The molecule has 0 aliphatic carbocycles. The van der Waals surface area contributed by atoms with Crippen molar-refractivity contribution in [1.82, 2.24) is 14.9 Å². The molecule has 2 atom stereocenters. The minimum atomic E-state index is -4.28. The molecule has 3 nitrogen and oxygen atoms in total.